The van der Waals surface area contributed by atoms with E-state index >= 15 is 0 Å². The third-order valence-corrected chi connectivity index (χ3v) is 4.05. The maximum Gasteiger partial charge on any atom is 0.230 e. The van der Waals surface area contributed by atoms with Crippen LogP contribution in [0.5, 0.6) is 0 Å². The number of rotatable bonds is 6. The first-order chi connectivity index (χ1) is 10.1. The van der Waals surface area contributed by atoms with E-state index in [2.05, 4.69) is 5.32 Å². The molecular formula is C16H15ClFNOS. The van der Waals surface area contributed by atoms with Crippen LogP contribution in [0.4, 0.5) is 4.39 Å². The van der Waals surface area contributed by atoms with Gasteiger partial charge in [-0.05, 0) is 23.3 Å². The minimum Gasteiger partial charge on any atom is -0.351 e. The lowest BCUT2D eigenvalue weighted by Crippen LogP contribution is -2.24. The molecule has 2 rings (SSSR count). The number of nitrogens with one attached hydrogen (secondary N) is 1. The van der Waals surface area contributed by atoms with Gasteiger partial charge in [0.15, 0.2) is 0 Å². The van der Waals surface area contributed by atoms with E-state index in [4.69, 9.17) is 11.6 Å². The molecule has 0 radical (unpaired) electrons. The van der Waals surface area contributed by atoms with Crippen molar-refractivity contribution in [3.05, 3.63) is 70.5 Å². The van der Waals surface area contributed by atoms with Gasteiger partial charge in [0.2, 0.25) is 5.91 Å². The van der Waals surface area contributed by atoms with Crippen molar-refractivity contribution in [2.75, 3.05) is 5.75 Å². The average molecular weight is 324 g/mol. The van der Waals surface area contributed by atoms with Crippen LogP contribution in [-0.4, -0.2) is 11.7 Å². The molecule has 5 heteroatoms. The molecule has 1 amide bonds. The third-order valence-electron chi connectivity index (χ3n) is 2.84. The second-order valence-corrected chi connectivity index (χ2v) is 5.91. The second-order valence-electron chi connectivity index (χ2n) is 4.49. The summed E-state index contributed by atoms with van der Waals surface area (Å²) in [6, 6.07) is 14.3. The van der Waals surface area contributed by atoms with Crippen molar-refractivity contribution in [1.29, 1.82) is 0 Å². The van der Waals surface area contributed by atoms with E-state index in [9.17, 15) is 9.18 Å². The first kappa shape index (κ1) is 15.9. The van der Waals surface area contributed by atoms with E-state index in [1.54, 1.807) is 12.1 Å². The first-order valence-electron chi connectivity index (χ1n) is 6.47. The maximum absolute atomic E-state index is 13.5. The first-order valence-corrected chi connectivity index (χ1v) is 8.01. The lowest BCUT2D eigenvalue weighted by Gasteiger charge is -2.06. The molecule has 0 aliphatic rings. The van der Waals surface area contributed by atoms with Gasteiger partial charge >= 0.3 is 0 Å². The molecule has 0 heterocycles. The van der Waals surface area contributed by atoms with Crippen LogP contribution in [0.2, 0.25) is 5.02 Å². The van der Waals surface area contributed by atoms with E-state index in [0.717, 1.165) is 5.56 Å². The Kier molecular flexibility index (Phi) is 6.08. The van der Waals surface area contributed by atoms with Crippen molar-refractivity contribution in [2.45, 2.75) is 12.3 Å². The fourth-order valence-electron chi connectivity index (χ4n) is 1.74. The number of hydrogen-bond acceptors (Lipinski definition) is 2. The lowest BCUT2D eigenvalue weighted by atomic mass is 10.2. The van der Waals surface area contributed by atoms with Gasteiger partial charge < -0.3 is 5.32 Å². The number of benzene rings is 2. The number of carbonyl (C=O) groups is 1. The number of halogens is 2. The van der Waals surface area contributed by atoms with Crippen LogP contribution in [-0.2, 0) is 17.1 Å². The quantitative estimate of drug-likeness (QED) is 0.869. The van der Waals surface area contributed by atoms with Crippen LogP contribution in [0, 0.1) is 5.82 Å². The number of thioether (sulfide) groups is 1. The second kappa shape index (κ2) is 8.05. The molecule has 110 valence electrons. The summed E-state index contributed by atoms with van der Waals surface area (Å²) in [6.07, 6.45) is 0. The fraction of sp³-hybridized carbons (Fsp3) is 0.188. The van der Waals surface area contributed by atoms with Crippen LogP contribution in [0.3, 0.4) is 0 Å². The Hall–Kier alpha value is -1.52. The predicted octanol–water partition coefficient (Wildman–Crippen LogP) is 4.03. The molecule has 0 saturated carbocycles. The van der Waals surface area contributed by atoms with Crippen LogP contribution in [0.25, 0.3) is 0 Å². The van der Waals surface area contributed by atoms with Gasteiger partial charge in [0.05, 0.1) is 5.75 Å². The summed E-state index contributed by atoms with van der Waals surface area (Å²) >= 11 is 7.06. The van der Waals surface area contributed by atoms with Gasteiger partial charge in [0, 0.05) is 17.3 Å². The highest BCUT2D eigenvalue weighted by Gasteiger charge is 2.06. The Morgan fingerprint density at radius 2 is 1.95 bits per heavy atom. The van der Waals surface area contributed by atoms with Gasteiger partial charge in [-0.25, -0.2) is 4.39 Å². The molecule has 0 aliphatic heterocycles. The van der Waals surface area contributed by atoms with Crippen LogP contribution in [0.15, 0.2) is 48.5 Å². The van der Waals surface area contributed by atoms with Crippen LogP contribution in [0.1, 0.15) is 11.1 Å². The van der Waals surface area contributed by atoms with E-state index in [-0.39, 0.29) is 11.7 Å². The third kappa shape index (κ3) is 5.40. The van der Waals surface area contributed by atoms with Gasteiger partial charge in [-0.2, -0.15) is 0 Å². The predicted molar refractivity (Wildman–Crippen MR) is 85.9 cm³/mol. The van der Waals surface area contributed by atoms with Crippen molar-refractivity contribution in [3.8, 4) is 0 Å². The Balaban J connectivity index is 1.72. The molecule has 0 aliphatic carbocycles. The highest BCUT2D eigenvalue weighted by molar-refractivity contribution is 7.99. The minimum atomic E-state index is -0.334. The standard InChI is InChI=1S/C16H15ClFNOS/c17-14-7-6-13(15(18)8-14)10-21-11-16(20)19-9-12-4-2-1-3-5-12/h1-8H,9-11H2,(H,19,20). The molecule has 2 aromatic carbocycles. The van der Waals surface area contributed by atoms with Gasteiger partial charge in [0.1, 0.15) is 5.82 Å². The van der Waals surface area contributed by atoms with Crippen molar-refractivity contribution in [2.24, 2.45) is 0 Å². The van der Waals surface area contributed by atoms with E-state index < -0.39 is 0 Å². The van der Waals surface area contributed by atoms with Crippen molar-refractivity contribution < 1.29 is 9.18 Å². The van der Waals surface area contributed by atoms with Crippen molar-refractivity contribution in [3.63, 3.8) is 0 Å². The topological polar surface area (TPSA) is 29.1 Å². The van der Waals surface area contributed by atoms with E-state index in [0.29, 0.717) is 28.6 Å². The number of hydrogen-bond donors (Lipinski definition) is 1. The molecule has 0 saturated heterocycles. The molecule has 0 bridgehead atoms. The summed E-state index contributed by atoms with van der Waals surface area (Å²) in [5.74, 6) is 0.356. The van der Waals surface area contributed by atoms with Gasteiger partial charge in [0.25, 0.3) is 0 Å². The molecular weight excluding hydrogens is 309 g/mol. The molecule has 0 unspecified atom stereocenters. The summed E-state index contributed by atoms with van der Waals surface area (Å²) in [6.45, 7) is 0.509. The van der Waals surface area contributed by atoms with Gasteiger partial charge in [-0.15, -0.1) is 11.8 Å². The summed E-state index contributed by atoms with van der Waals surface area (Å²) in [7, 11) is 0. The maximum atomic E-state index is 13.5. The summed E-state index contributed by atoms with van der Waals surface area (Å²) in [4.78, 5) is 11.7. The molecule has 21 heavy (non-hydrogen) atoms. The zero-order valence-corrected chi connectivity index (χ0v) is 12.9. The number of carbonyl (C=O) groups excluding carboxylic acids is 1. The minimum absolute atomic E-state index is 0.0572. The SMILES string of the molecule is O=C(CSCc1ccc(Cl)cc1F)NCc1ccccc1. The normalized spacial score (nSPS) is 10.4. The summed E-state index contributed by atoms with van der Waals surface area (Å²) in [5.41, 5.74) is 1.61. The molecule has 0 atom stereocenters. The van der Waals surface area contributed by atoms with Gasteiger partial charge in [-0.1, -0.05) is 48.0 Å². The average Bonchev–Trinajstić information content (AvgIpc) is 2.48. The smallest absolute Gasteiger partial charge is 0.230 e. The lowest BCUT2D eigenvalue weighted by molar-refractivity contribution is -0.118. The van der Waals surface area contributed by atoms with E-state index in [1.807, 2.05) is 30.3 Å². The van der Waals surface area contributed by atoms with Crippen molar-refractivity contribution in [1.82, 2.24) is 5.32 Å². The summed E-state index contributed by atoms with van der Waals surface area (Å²) in [5, 5.41) is 3.21. The van der Waals surface area contributed by atoms with E-state index in [1.165, 1.54) is 17.8 Å². The van der Waals surface area contributed by atoms with Crippen LogP contribution < -0.4 is 5.32 Å². The largest absolute Gasteiger partial charge is 0.351 e. The van der Waals surface area contributed by atoms with Crippen LogP contribution >= 0.6 is 23.4 Å². The Morgan fingerprint density at radius 1 is 1.19 bits per heavy atom. The molecule has 2 aromatic rings. The molecule has 0 aromatic heterocycles. The monoisotopic (exact) mass is 323 g/mol. The molecule has 0 spiro atoms. The molecule has 0 fully saturated rings. The number of amides is 1. The Bertz CT molecular complexity index is 606. The fourth-order valence-corrected chi connectivity index (χ4v) is 2.74. The highest BCUT2D eigenvalue weighted by atomic mass is 35.5. The van der Waals surface area contributed by atoms with Crippen molar-refractivity contribution >= 4 is 29.3 Å². The summed E-state index contributed by atoms with van der Waals surface area (Å²) < 4.78 is 13.5. The Morgan fingerprint density at radius 3 is 2.67 bits per heavy atom. The zero-order valence-electron chi connectivity index (χ0n) is 11.3. The zero-order chi connectivity index (χ0) is 15.1. The highest BCUT2D eigenvalue weighted by Crippen LogP contribution is 2.19. The van der Waals surface area contributed by atoms with Gasteiger partial charge in [-0.3, -0.25) is 4.79 Å². The molecule has 1 N–H and O–H groups in total. The Labute approximate surface area is 132 Å². The molecule has 2 nitrogen and oxygen atoms in total.